The average Bonchev–Trinajstić information content (AvgIpc) is 2.83. The molecule has 1 aromatic carbocycles. The molecule has 18 heavy (non-hydrogen) atoms. The van der Waals surface area contributed by atoms with E-state index in [-0.39, 0.29) is 0 Å². The van der Waals surface area contributed by atoms with Crippen molar-refractivity contribution in [1.82, 2.24) is 25.5 Å². The minimum absolute atomic E-state index is 0.615. The number of tetrazole rings is 1. The minimum atomic E-state index is 0.615. The Morgan fingerprint density at radius 1 is 1.39 bits per heavy atom. The molecule has 0 fully saturated rings. The van der Waals surface area contributed by atoms with E-state index in [1.54, 1.807) is 11.8 Å². The van der Waals surface area contributed by atoms with Crippen LogP contribution < -0.4 is 5.32 Å². The fourth-order valence-corrected chi connectivity index (χ4v) is 1.65. The van der Waals surface area contributed by atoms with Gasteiger partial charge in [-0.1, -0.05) is 12.1 Å². The number of nitrogens with one attached hydrogen (secondary N) is 1. The van der Waals surface area contributed by atoms with Gasteiger partial charge in [-0.25, -0.2) is 0 Å². The number of hydrogen-bond acceptors (Lipinski definition) is 5. The second-order valence-electron chi connectivity index (χ2n) is 4.02. The highest BCUT2D eigenvalue weighted by Crippen LogP contribution is 2.09. The maximum atomic E-state index is 4.97. The molecule has 6 nitrogen and oxygen atoms in total. The van der Waals surface area contributed by atoms with E-state index in [0.717, 1.165) is 18.1 Å². The van der Waals surface area contributed by atoms with E-state index < -0.39 is 0 Å². The molecular formula is C12H17N5O. The second-order valence-corrected chi connectivity index (χ2v) is 4.02. The van der Waals surface area contributed by atoms with Crippen LogP contribution in [0.1, 0.15) is 11.4 Å². The molecule has 1 heterocycles. The maximum Gasteiger partial charge on any atom is 0.170 e. The molecule has 0 bridgehead atoms. The number of benzene rings is 1. The van der Waals surface area contributed by atoms with Crippen molar-refractivity contribution in [2.24, 2.45) is 0 Å². The van der Waals surface area contributed by atoms with Gasteiger partial charge in [0.2, 0.25) is 0 Å². The van der Waals surface area contributed by atoms with Gasteiger partial charge in [0, 0.05) is 13.7 Å². The highest BCUT2D eigenvalue weighted by atomic mass is 16.5. The SMILES string of the molecule is COCCNCc1nnnn1-c1cccc(C)c1. The molecule has 6 heteroatoms. The summed E-state index contributed by atoms with van der Waals surface area (Å²) in [6.07, 6.45) is 0. The van der Waals surface area contributed by atoms with Gasteiger partial charge in [-0.2, -0.15) is 4.68 Å². The lowest BCUT2D eigenvalue weighted by Gasteiger charge is -2.06. The van der Waals surface area contributed by atoms with Gasteiger partial charge in [0.25, 0.3) is 0 Å². The molecule has 1 aromatic heterocycles. The molecule has 2 aromatic rings. The molecule has 0 spiro atoms. The van der Waals surface area contributed by atoms with Crippen molar-refractivity contribution in [2.45, 2.75) is 13.5 Å². The van der Waals surface area contributed by atoms with Crippen molar-refractivity contribution in [1.29, 1.82) is 0 Å². The number of hydrogen-bond donors (Lipinski definition) is 1. The predicted molar refractivity (Wildman–Crippen MR) is 67.5 cm³/mol. The zero-order chi connectivity index (χ0) is 12.8. The van der Waals surface area contributed by atoms with Gasteiger partial charge in [0.15, 0.2) is 5.82 Å². The lowest BCUT2D eigenvalue weighted by molar-refractivity contribution is 0.199. The van der Waals surface area contributed by atoms with Crippen LogP contribution in [0.4, 0.5) is 0 Å². The number of aryl methyl sites for hydroxylation is 1. The summed E-state index contributed by atoms with van der Waals surface area (Å²) in [7, 11) is 1.68. The summed E-state index contributed by atoms with van der Waals surface area (Å²) in [6, 6.07) is 8.08. The molecule has 0 aliphatic heterocycles. The van der Waals surface area contributed by atoms with Crippen molar-refractivity contribution in [2.75, 3.05) is 20.3 Å². The standard InChI is InChI=1S/C12H17N5O/c1-10-4-3-5-11(8-10)17-12(14-15-16-17)9-13-6-7-18-2/h3-5,8,13H,6-7,9H2,1-2H3. The second kappa shape index (κ2) is 6.23. The van der Waals surface area contributed by atoms with Crippen LogP contribution in [0.2, 0.25) is 0 Å². The maximum absolute atomic E-state index is 4.97. The highest BCUT2D eigenvalue weighted by molar-refractivity contribution is 5.34. The van der Waals surface area contributed by atoms with Gasteiger partial charge in [-0.3, -0.25) is 0 Å². The van der Waals surface area contributed by atoms with Crippen LogP contribution >= 0.6 is 0 Å². The van der Waals surface area contributed by atoms with E-state index >= 15 is 0 Å². The first kappa shape index (κ1) is 12.7. The van der Waals surface area contributed by atoms with E-state index in [2.05, 4.69) is 26.9 Å². The summed E-state index contributed by atoms with van der Waals surface area (Å²) in [5, 5.41) is 15.0. The van der Waals surface area contributed by atoms with Crippen molar-refractivity contribution in [3.05, 3.63) is 35.7 Å². The molecule has 0 unspecified atom stereocenters. The van der Waals surface area contributed by atoms with Crippen LogP contribution in [-0.4, -0.2) is 40.5 Å². The van der Waals surface area contributed by atoms with Crippen LogP contribution in [0.3, 0.4) is 0 Å². The first-order chi connectivity index (χ1) is 8.81. The van der Waals surface area contributed by atoms with Crippen molar-refractivity contribution in [3.8, 4) is 5.69 Å². The van der Waals surface area contributed by atoms with Crippen LogP contribution in [0, 0.1) is 6.92 Å². The third kappa shape index (κ3) is 3.12. The number of rotatable bonds is 6. The molecule has 0 atom stereocenters. The van der Waals surface area contributed by atoms with Crippen molar-refractivity contribution < 1.29 is 4.74 Å². The minimum Gasteiger partial charge on any atom is -0.383 e. The number of aromatic nitrogens is 4. The molecule has 0 radical (unpaired) electrons. The van der Waals surface area contributed by atoms with Crippen LogP contribution in [0.5, 0.6) is 0 Å². The van der Waals surface area contributed by atoms with Gasteiger partial charge < -0.3 is 10.1 Å². The number of nitrogens with zero attached hydrogens (tertiary/aromatic N) is 4. The molecular weight excluding hydrogens is 230 g/mol. The Hall–Kier alpha value is -1.79. The zero-order valence-electron chi connectivity index (χ0n) is 10.6. The van der Waals surface area contributed by atoms with E-state index in [9.17, 15) is 0 Å². The van der Waals surface area contributed by atoms with Gasteiger partial charge >= 0.3 is 0 Å². The third-order valence-electron chi connectivity index (χ3n) is 2.55. The average molecular weight is 247 g/mol. The molecule has 0 aliphatic rings. The molecule has 1 N–H and O–H groups in total. The van der Waals surface area contributed by atoms with E-state index in [1.165, 1.54) is 5.56 Å². The molecule has 2 rings (SSSR count). The summed E-state index contributed by atoms with van der Waals surface area (Å²) in [5.74, 6) is 0.789. The first-order valence-corrected chi connectivity index (χ1v) is 5.85. The molecule has 0 aliphatic carbocycles. The fraction of sp³-hybridized carbons (Fsp3) is 0.417. The van der Waals surface area contributed by atoms with E-state index in [0.29, 0.717) is 13.2 Å². The Bertz CT molecular complexity index is 497. The highest BCUT2D eigenvalue weighted by Gasteiger charge is 2.07. The summed E-state index contributed by atoms with van der Waals surface area (Å²) < 4.78 is 6.71. The van der Waals surface area contributed by atoms with Gasteiger partial charge in [0.05, 0.1) is 18.8 Å². The number of methoxy groups -OCH3 is 1. The molecule has 96 valence electrons. The van der Waals surface area contributed by atoms with E-state index in [4.69, 9.17) is 4.74 Å². The topological polar surface area (TPSA) is 64.9 Å². The van der Waals surface area contributed by atoms with Crippen LogP contribution in [0.15, 0.2) is 24.3 Å². The Labute approximate surface area is 106 Å². The normalized spacial score (nSPS) is 10.8. The van der Waals surface area contributed by atoms with E-state index in [1.807, 2.05) is 25.1 Å². The predicted octanol–water partition coefficient (Wildman–Crippen LogP) is 0.707. The molecule has 0 saturated carbocycles. The molecule has 0 amide bonds. The third-order valence-corrected chi connectivity index (χ3v) is 2.55. The summed E-state index contributed by atoms with van der Waals surface area (Å²) in [4.78, 5) is 0. The smallest absolute Gasteiger partial charge is 0.170 e. The summed E-state index contributed by atoms with van der Waals surface area (Å²) in [5.41, 5.74) is 2.16. The Morgan fingerprint density at radius 3 is 3.06 bits per heavy atom. The molecule has 0 saturated heterocycles. The zero-order valence-corrected chi connectivity index (χ0v) is 10.6. The van der Waals surface area contributed by atoms with Crippen molar-refractivity contribution in [3.63, 3.8) is 0 Å². The van der Waals surface area contributed by atoms with Gasteiger partial charge in [0.1, 0.15) is 0 Å². The van der Waals surface area contributed by atoms with Crippen LogP contribution in [-0.2, 0) is 11.3 Å². The quantitative estimate of drug-likeness (QED) is 0.761. The largest absolute Gasteiger partial charge is 0.383 e. The first-order valence-electron chi connectivity index (χ1n) is 5.85. The Kier molecular flexibility index (Phi) is 4.38. The van der Waals surface area contributed by atoms with Crippen LogP contribution in [0.25, 0.3) is 5.69 Å². The monoisotopic (exact) mass is 247 g/mol. The lowest BCUT2D eigenvalue weighted by Crippen LogP contribution is -2.21. The van der Waals surface area contributed by atoms with Gasteiger partial charge in [-0.05, 0) is 35.0 Å². The number of ether oxygens (including phenoxy) is 1. The summed E-state index contributed by atoms with van der Waals surface area (Å²) in [6.45, 7) is 4.11. The summed E-state index contributed by atoms with van der Waals surface area (Å²) >= 11 is 0. The fourth-order valence-electron chi connectivity index (χ4n) is 1.65. The Morgan fingerprint density at radius 2 is 2.28 bits per heavy atom. The van der Waals surface area contributed by atoms with Crippen molar-refractivity contribution >= 4 is 0 Å². The van der Waals surface area contributed by atoms with Gasteiger partial charge in [-0.15, -0.1) is 5.10 Å². The Balaban J connectivity index is 2.08. The lowest BCUT2D eigenvalue weighted by atomic mass is 10.2.